The second kappa shape index (κ2) is 4.17. The summed E-state index contributed by atoms with van der Waals surface area (Å²) in [5.41, 5.74) is -0.724. The van der Waals surface area contributed by atoms with E-state index in [0.717, 1.165) is 18.3 Å². The number of oxazole rings is 1. The van der Waals surface area contributed by atoms with E-state index in [1.807, 2.05) is 0 Å². The first kappa shape index (κ1) is 12.2. The van der Waals surface area contributed by atoms with Gasteiger partial charge in [-0.3, -0.25) is 0 Å². The van der Waals surface area contributed by atoms with Gasteiger partial charge in [-0.25, -0.2) is 9.78 Å². The van der Waals surface area contributed by atoms with E-state index in [1.54, 1.807) is 0 Å². The molecule has 0 radical (unpaired) electrons. The van der Waals surface area contributed by atoms with Crippen molar-refractivity contribution in [3.05, 3.63) is 41.9 Å². The summed E-state index contributed by atoms with van der Waals surface area (Å²) in [4.78, 5) is 14.0. The minimum absolute atomic E-state index is 0.0292. The molecule has 0 fully saturated rings. The van der Waals surface area contributed by atoms with E-state index in [2.05, 4.69) is 4.98 Å². The van der Waals surface area contributed by atoms with E-state index in [0.29, 0.717) is 0 Å². The van der Waals surface area contributed by atoms with Crippen LogP contribution >= 0.6 is 0 Å². The Morgan fingerprint density at radius 1 is 1.33 bits per heavy atom. The molecule has 1 heterocycles. The fourth-order valence-electron chi connectivity index (χ4n) is 1.36. The Kier molecular flexibility index (Phi) is 2.82. The molecule has 0 aliphatic carbocycles. The summed E-state index contributed by atoms with van der Waals surface area (Å²) in [6.45, 7) is 0. The predicted molar refractivity (Wildman–Crippen MR) is 53.9 cm³/mol. The Morgan fingerprint density at radius 2 is 2.06 bits per heavy atom. The molecule has 4 nitrogen and oxygen atoms in total. The first-order valence-electron chi connectivity index (χ1n) is 4.74. The lowest BCUT2D eigenvalue weighted by Gasteiger charge is -2.06. The van der Waals surface area contributed by atoms with Crippen molar-refractivity contribution >= 4 is 5.97 Å². The van der Waals surface area contributed by atoms with Crippen LogP contribution in [0.15, 0.2) is 34.9 Å². The van der Waals surface area contributed by atoms with Gasteiger partial charge in [0.15, 0.2) is 5.76 Å². The highest BCUT2D eigenvalue weighted by atomic mass is 19.4. The Hall–Kier alpha value is -2.31. The number of nitrogens with zero attached hydrogens (tertiary/aromatic N) is 1. The summed E-state index contributed by atoms with van der Waals surface area (Å²) < 4.78 is 42.3. The third-order valence-corrected chi connectivity index (χ3v) is 2.16. The summed E-state index contributed by atoms with van der Waals surface area (Å²) in [5, 5.41) is 8.59. The van der Waals surface area contributed by atoms with Gasteiger partial charge in [-0.2, -0.15) is 13.2 Å². The highest BCUT2D eigenvalue weighted by Gasteiger charge is 2.30. The minimum atomic E-state index is -4.47. The fraction of sp³-hybridized carbons (Fsp3) is 0.0909. The van der Waals surface area contributed by atoms with E-state index in [1.165, 1.54) is 12.1 Å². The molecule has 0 bridgehead atoms. The molecule has 0 amide bonds. The van der Waals surface area contributed by atoms with Crippen LogP contribution in [0.2, 0.25) is 0 Å². The van der Waals surface area contributed by atoms with E-state index in [4.69, 9.17) is 9.52 Å². The van der Waals surface area contributed by atoms with Crippen LogP contribution in [-0.2, 0) is 6.18 Å². The third kappa shape index (κ3) is 2.34. The molecule has 2 aromatic rings. The molecule has 18 heavy (non-hydrogen) atoms. The van der Waals surface area contributed by atoms with Gasteiger partial charge in [0.2, 0.25) is 0 Å². The lowest BCUT2D eigenvalue weighted by atomic mass is 10.1. The molecule has 0 atom stereocenters. The zero-order chi connectivity index (χ0) is 13.3. The Balaban J connectivity index is 2.41. The lowest BCUT2D eigenvalue weighted by molar-refractivity contribution is -0.137. The number of hydrogen-bond donors (Lipinski definition) is 1. The molecule has 94 valence electrons. The second-order valence-electron chi connectivity index (χ2n) is 3.41. The summed E-state index contributed by atoms with van der Waals surface area (Å²) in [6.07, 6.45) is -3.40. The quantitative estimate of drug-likeness (QED) is 0.897. The predicted octanol–water partition coefficient (Wildman–Crippen LogP) is 3.06. The van der Waals surface area contributed by atoms with E-state index >= 15 is 0 Å². The van der Waals surface area contributed by atoms with Gasteiger partial charge in [0.1, 0.15) is 0 Å². The number of rotatable bonds is 2. The van der Waals surface area contributed by atoms with Crippen LogP contribution in [0, 0.1) is 0 Å². The number of carbonyl (C=O) groups is 1. The molecule has 0 aliphatic heterocycles. The van der Waals surface area contributed by atoms with Gasteiger partial charge in [0.05, 0.1) is 11.8 Å². The summed E-state index contributed by atoms with van der Waals surface area (Å²) >= 11 is 0. The van der Waals surface area contributed by atoms with Crippen molar-refractivity contribution in [2.75, 3.05) is 0 Å². The molecule has 0 saturated carbocycles. The maximum Gasteiger partial charge on any atom is 0.416 e. The van der Waals surface area contributed by atoms with Crippen LogP contribution in [0.25, 0.3) is 11.3 Å². The lowest BCUT2D eigenvalue weighted by Crippen LogP contribution is -2.04. The Bertz CT molecular complexity index is 589. The number of alkyl halides is 3. The number of aromatic carboxylic acids is 1. The molecule has 7 heteroatoms. The van der Waals surface area contributed by atoms with Crippen LogP contribution in [-0.4, -0.2) is 16.1 Å². The maximum atomic E-state index is 12.5. The molecule has 0 unspecified atom stereocenters. The van der Waals surface area contributed by atoms with E-state index in [9.17, 15) is 18.0 Å². The fourth-order valence-corrected chi connectivity index (χ4v) is 1.36. The molecular weight excluding hydrogens is 251 g/mol. The zero-order valence-corrected chi connectivity index (χ0v) is 8.73. The van der Waals surface area contributed by atoms with Gasteiger partial charge >= 0.3 is 18.0 Å². The van der Waals surface area contributed by atoms with Gasteiger partial charge in [0, 0.05) is 5.56 Å². The number of carboxylic acid groups (broad SMARTS) is 1. The van der Waals surface area contributed by atoms with E-state index in [-0.39, 0.29) is 11.3 Å². The molecule has 0 saturated heterocycles. The monoisotopic (exact) mass is 257 g/mol. The highest BCUT2D eigenvalue weighted by molar-refractivity contribution is 5.82. The SMILES string of the molecule is O=C(O)c1ncc(-c2cccc(C(F)(F)F)c2)o1. The highest BCUT2D eigenvalue weighted by Crippen LogP contribution is 2.32. The number of halogens is 3. The normalized spacial score (nSPS) is 11.5. The molecule has 2 rings (SSSR count). The minimum Gasteiger partial charge on any atom is -0.474 e. The number of aromatic nitrogens is 1. The summed E-state index contributed by atoms with van der Waals surface area (Å²) in [7, 11) is 0. The molecular formula is C11H6F3NO3. The van der Waals surface area contributed by atoms with Crippen LogP contribution in [0.3, 0.4) is 0 Å². The first-order valence-corrected chi connectivity index (χ1v) is 4.74. The first-order chi connectivity index (χ1) is 8.38. The second-order valence-corrected chi connectivity index (χ2v) is 3.41. The maximum absolute atomic E-state index is 12.5. The number of benzene rings is 1. The van der Waals surface area contributed by atoms with Crippen molar-refractivity contribution in [3.63, 3.8) is 0 Å². The smallest absolute Gasteiger partial charge is 0.416 e. The zero-order valence-electron chi connectivity index (χ0n) is 8.73. The van der Waals surface area contributed by atoms with Crippen LogP contribution < -0.4 is 0 Å². The summed E-state index contributed by atoms with van der Waals surface area (Å²) in [5.74, 6) is -1.98. The molecule has 1 aromatic carbocycles. The third-order valence-electron chi connectivity index (χ3n) is 2.16. The van der Waals surface area contributed by atoms with Crippen LogP contribution in [0.4, 0.5) is 13.2 Å². The molecule has 1 aromatic heterocycles. The Morgan fingerprint density at radius 3 is 2.61 bits per heavy atom. The van der Waals surface area contributed by atoms with Crippen molar-refractivity contribution in [3.8, 4) is 11.3 Å². The van der Waals surface area contributed by atoms with Crippen molar-refractivity contribution in [1.29, 1.82) is 0 Å². The number of carboxylic acids is 1. The average molecular weight is 257 g/mol. The standard InChI is InChI=1S/C11H6F3NO3/c12-11(13,14)7-3-1-2-6(4-7)8-5-15-9(18-8)10(16)17/h1-5H,(H,16,17). The van der Waals surface area contributed by atoms with Gasteiger partial charge in [-0.1, -0.05) is 12.1 Å². The van der Waals surface area contributed by atoms with E-state index < -0.39 is 23.6 Å². The largest absolute Gasteiger partial charge is 0.474 e. The molecule has 0 aliphatic rings. The number of hydrogen-bond acceptors (Lipinski definition) is 3. The molecule has 0 spiro atoms. The van der Waals surface area contributed by atoms with Crippen LogP contribution in [0.1, 0.15) is 16.2 Å². The van der Waals surface area contributed by atoms with Gasteiger partial charge < -0.3 is 9.52 Å². The topological polar surface area (TPSA) is 63.3 Å². The van der Waals surface area contributed by atoms with Crippen molar-refractivity contribution in [2.24, 2.45) is 0 Å². The van der Waals surface area contributed by atoms with Crippen molar-refractivity contribution in [2.45, 2.75) is 6.18 Å². The van der Waals surface area contributed by atoms with Gasteiger partial charge in [-0.15, -0.1) is 0 Å². The average Bonchev–Trinajstić information content (AvgIpc) is 2.77. The molecule has 1 N–H and O–H groups in total. The van der Waals surface area contributed by atoms with Crippen molar-refractivity contribution < 1.29 is 27.5 Å². The van der Waals surface area contributed by atoms with Gasteiger partial charge in [0.25, 0.3) is 0 Å². The van der Waals surface area contributed by atoms with Gasteiger partial charge in [-0.05, 0) is 12.1 Å². The van der Waals surface area contributed by atoms with Crippen LogP contribution in [0.5, 0.6) is 0 Å². The summed E-state index contributed by atoms with van der Waals surface area (Å²) in [6, 6.07) is 4.37. The Labute approximate surface area is 98.7 Å². The van der Waals surface area contributed by atoms with Crippen molar-refractivity contribution in [1.82, 2.24) is 4.98 Å².